The minimum absolute atomic E-state index is 1.38. The van der Waals surface area contributed by atoms with Crippen molar-refractivity contribution in [1.29, 1.82) is 0 Å². The zero-order valence-electron chi connectivity index (χ0n) is 1.92. The maximum absolute atomic E-state index is 2.56. The molecule has 0 aromatic carbocycles. The van der Waals surface area contributed by atoms with Gasteiger partial charge in [0.05, 0.1) is 0 Å². The molecule has 0 aliphatic heterocycles. The van der Waals surface area contributed by atoms with E-state index in [0.29, 0.717) is 0 Å². The summed E-state index contributed by atoms with van der Waals surface area (Å²) in [6.45, 7) is 0. The summed E-state index contributed by atoms with van der Waals surface area (Å²) >= 11 is 10.2. The van der Waals surface area contributed by atoms with Crippen LogP contribution in [0, 0.1) is 4.87 Å². The zero-order valence-corrected chi connectivity index (χ0v) is 13.9. The summed E-state index contributed by atoms with van der Waals surface area (Å²) in [5, 5.41) is 0. The van der Waals surface area contributed by atoms with Crippen LogP contribution in [0.15, 0.2) is 0 Å². The molecule has 0 atom stereocenters. The SMILES string of the molecule is [I][Pu]([I])([I])[I]. The van der Waals surface area contributed by atoms with E-state index in [2.05, 4.69) is 69.1 Å². The van der Waals surface area contributed by atoms with Crippen LogP contribution < -0.4 is 0 Å². The van der Waals surface area contributed by atoms with Crippen molar-refractivity contribution in [2.24, 2.45) is 0 Å². The molecule has 0 radical (unpaired) electrons. The van der Waals surface area contributed by atoms with Crippen LogP contribution in [0.1, 0.15) is 0 Å². The van der Waals surface area contributed by atoms with E-state index in [1.807, 2.05) is 0 Å². The number of hydrogen-bond acceptors (Lipinski definition) is 0. The summed E-state index contributed by atoms with van der Waals surface area (Å²) in [6, 6.07) is 0. The Kier molecular flexibility index (Phi) is 6.85. The molecule has 0 nitrogen and oxygen atoms in total. The van der Waals surface area contributed by atoms with E-state index in [0.717, 1.165) is 0 Å². The average Bonchev–Trinajstić information content (AvgIpc) is 0.722. The summed E-state index contributed by atoms with van der Waals surface area (Å²) in [4.78, 5) is -1.38. The molecule has 0 heterocycles. The van der Waals surface area contributed by atoms with Gasteiger partial charge in [-0.1, -0.05) is 0 Å². The van der Waals surface area contributed by atoms with E-state index in [1.54, 1.807) is 0 Å². The van der Waals surface area contributed by atoms with Crippen molar-refractivity contribution in [3.63, 3.8) is 0 Å². The van der Waals surface area contributed by atoms with Crippen LogP contribution in [-0.2, 0) is 0 Å². The third kappa shape index (κ3) is 18.1. The molecule has 0 rings (SSSR count). The van der Waals surface area contributed by atoms with Crippen molar-refractivity contribution in [2.45, 2.75) is 0 Å². The second-order valence-electron chi connectivity index (χ2n) is 0.350. The first-order chi connectivity index (χ1) is 2.00. The predicted molar refractivity (Wildman–Crippen MR) is 56.1 cm³/mol. The Morgan fingerprint density at radius 2 is 0.800 bits per heavy atom. The first kappa shape index (κ1) is 8.91. The third-order valence-electron chi connectivity index (χ3n) is 0. The Hall–Kier alpha value is 3.91. The molecule has 0 aliphatic carbocycles. The molecule has 0 aromatic rings. The van der Waals surface area contributed by atoms with E-state index in [4.69, 9.17) is 0 Å². The van der Waals surface area contributed by atoms with Crippen molar-refractivity contribution in [3.8, 4) is 0 Å². The molecule has 34 valence electrons. The van der Waals surface area contributed by atoms with Crippen LogP contribution in [-0.4, -0.2) is 0 Å². The molecule has 0 saturated heterocycles. The number of hydrogen-bond donors (Lipinski definition) is 0. The van der Waals surface area contributed by atoms with Gasteiger partial charge in [0.25, 0.3) is 0 Å². The van der Waals surface area contributed by atoms with Crippen LogP contribution in [0.5, 0.6) is 0 Å². The predicted octanol–water partition coefficient (Wildman–Crippen LogP) is 3.54. The van der Waals surface area contributed by atoms with Crippen LogP contribution in [0.2, 0.25) is 0 Å². The average molecular weight is 752 g/mol. The monoisotopic (exact) mass is 746 g/mol. The van der Waals surface area contributed by atoms with Crippen molar-refractivity contribution >= 4 is 69.1 Å². The number of halogens is 4. The first-order valence-corrected chi connectivity index (χ1v) is 38.6. The molecule has 0 bridgehead atoms. The molecular weight excluding hydrogens is 752 g/mol. The van der Waals surface area contributed by atoms with Crippen LogP contribution in [0.3, 0.4) is 0 Å². The summed E-state index contributed by atoms with van der Waals surface area (Å²) in [7, 11) is 0. The Labute approximate surface area is 70.9 Å². The second-order valence-corrected chi connectivity index (χ2v) is 147. The van der Waals surface area contributed by atoms with Gasteiger partial charge in [0.15, 0.2) is 0 Å². The van der Waals surface area contributed by atoms with E-state index in [9.17, 15) is 0 Å². The molecule has 0 aromatic heterocycles. The molecule has 0 saturated carbocycles. The Morgan fingerprint density at radius 3 is 0.800 bits per heavy atom. The van der Waals surface area contributed by atoms with Gasteiger partial charge in [0.2, 0.25) is 0 Å². The number of rotatable bonds is 0. The molecule has 0 amide bonds. The molecular formula is I4Pu. The minimum atomic E-state index is -1.38. The van der Waals surface area contributed by atoms with Gasteiger partial charge in [0, 0.05) is 0 Å². The van der Waals surface area contributed by atoms with Gasteiger partial charge in [-0.05, 0) is 0 Å². The van der Waals surface area contributed by atoms with Gasteiger partial charge in [0.1, 0.15) is 0 Å². The molecule has 0 N–H and O–H groups in total. The van der Waals surface area contributed by atoms with Gasteiger partial charge >= 0.3 is 74.0 Å². The van der Waals surface area contributed by atoms with Gasteiger partial charge in [-0.15, -0.1) is 0 Å². The van der Waals surface area contributed by atoms with Crippen LogP contribution in [0.25, 0.3) is 0 Å². The molecule has 0 spiro atoms. The summed E-state index contributed by atoms with van der Waals surface area (Å²) < 4.78 is 0. The summed E-state index contributed by atoms with van der Waals surface area (Å²) in [5.74, 6) is 0. The standard InChI is InChI=1S/4HI.Pu/h4*1H;/q;;;;+4/p-4. The Morgan fingerprint density at radius 1 is 0.800 bits per heavy atom. The molecule has 0 unspecified atom stereocenters. The fourth-order valence-electron chi connectivity index (χ4n) is 0. The quantitative estimate of drug-likeness (QED) is 0.333. The topological polar surface area (TPSA) is 0 Å². The Balaban J connectivity index is 3.02. The van der Waals surface area contributed by atoms with Crippen molar-refractivity contribution in [2.75, 3.05) is 0 Å². The second kappa shape index (κ2) is 3.84. The zero-order chi connectivity index (χ0) is 4.50. The van der Waals surface area contributed by atoms with Crippen molar-refractivity contribution in [3.05, 3.63) is 0 Å². The maximum atomic E-state index is 2.56. The van der Waals surface area contributed by atoms with Crippen molar-refractivity contribution in [1.82, 2.24) is 0 Å². The van der Waals surface area contributed by atoms with Crippen molar-refractivity contribution < 1.29 is 4.87 Å². The summed E-state index contributed by atoms with van der Waals surface area (Å²) in [6.07, 6.45) is 0. The normalized spacial score (nSPS) is 12.0. The molecule has 5 heavy (non-hydrogen) atoms. The fraction of sp³-hybridized carbons (Fsp3) is 0. The van der Waals surface area contributed by atoms with Gasteiger partial charge in [-0.25, -0.2) is 0 Å². The third-order valence-corrected chi connectivity index (χ3v) is 0. The Bertz CT molecular complexity index is 19.1. The van der Waals surface area contributed by atoms with E-state index >= 15 is 0 Å². The van der Waals surface area contributed by atoms with E-state index < -0.39 is 4.87 Å². The van der Waals surface area contributed by atoms with E-state index in [1.165, 1.54) is 0 Å². The van der Waals surface area contributed by atoms with E-state index in [-0.39, 0.29) is 0 Å². The van der Waals surface area contributed by atoms with Gasteiger partial charge in [-0.2, -0.15) is 0 Å². The molecule has 0 aliphatic rings. The molecule has 5 heteroatoms. The summed E-state index contributed by atoms with van der Waals surface area (Å²) in [5.41, 5.74) is 0. The van der Waals surface area contributed by atoms with Gasteiger partial charge in [-0.3, -0.25) is 0 Å². The van der Waals surface area contributed by atoms with Gasteiger partial charge < -0.3 is 0 Å². The van der Waals surface area contributed by atoms with Crippen LogP contribution >= 0.6 is 69.1 Å². The van der Waals surface area contributed by atoms with Crippen LogP contribution in [0.4, 0.5) is 0 Å². The first-order valence-electron chi connectivity index (χ1n) is 0.617. The molecule has 0 fully saturated rings. The fourth-order valence-corrected chi connectivity index (χ4v) is 0.